The third-order valence-electron chi connectivity index (χ3n) is 5.66. The second-order valence-electron chi connectivity index (χ2n) is 7.22. The summed E-state index contributed by atoms with van der Waals surface area (Å²) in [7, 11) is 2.02. The lowest BCUT2D eigenvalue weighted by atomic mass is 9.68. The summed E-state index contributed by atoms with van der Waals surface area (Å²) < 4.78 is 2.08. The zero-order chi connectivity index (χ0) is 16.4. The Morgan fingerprint density at radius 2 is 2.00 bits per heavy atom. The lowest BCUT2D eigenvalue weighted by Crippen LogP contribution is -2.43. The van der Waals surface area contributed by atoms with Gasteiger partial charge in [-0.3, -0.25) is 4.79 Å². The Hall–Kier alpha value is -1.61. The van der Waals surface area contributed by atoms with Crippen LogP contribution in [-0.2, 0) is 7.05 Å². The number of nitrogens with zero attached hydrogens (tertiary/aromatic N) is 1. The van der Waals surface area contributed by atoms with Gasteiger partial charge in [-0.25, -0.2) is 0 Å². The highest BCUT2D eigenvalue weighted by molar-refractivity contribution is 6.03. The van der Waals surface area contributed by atoms with Crippen LogP contribution in [0.2, 0.25) is 0 Å². The maximum atomic E-state index is 13.5. The molecule has 1 N–H and O–H groups in total. The van der Waals surface area contributed by atoms with Crippen molar-refractivity contribution in [2.45, 2.75) is 39.5 Å². The van der Waals surface area contributed by atoms with E-state index in [4.69, 9.17) is 0 Å². The van der Waals surface area contributed by atoms with E-state index in [1.165, 1.54) is 0 Å². The van der Waals surface area contributed by atoms with E-state index in [2.05, 4.69) is 41.9 Å². The molecule has 3 rings (SSSR count). The number of Topliss-reactive ketones (excluding diaryl/α,β-unsaturated/α-hetero) is 1. The summed E-state index contributed by atoms with van der Waals surface area (Å²) in [6.45, 7) is 6.40. The number of carbonyl (C=O) groups is 1. The summed E-state index contributed by atoms with van der Waals surface area (Å²) in [6, 6.07) is 10.3. The van der Waals surface area contributed by atoms with Crippen LogP contribution in [0.3, 0.4) is 0 Å². The van der Waals surface area contributed by atoms with Crippen molar-refractivity contribution in [2.24, 2.45) is 18.4 Å². The largest absolute Gasteiger partial charge is 0.341 e. The van der Waals surface area contributed by atoms with E-state index in [0.29, 0.717) is 11.7 Å². The molecular weight excluding hydrogens is 284 g/mol. The first-order chi connectivity index (χ1) is 11.1. The summed E-state index contributed by atoms with van der Waals surface area (Å²) in [5.74, 6) is 0.935. The summed E-state index contributed by atoms with van der Waals surface area (Å²) in [5, 5.41) is 4.58. The van der Waals surface area contributed by atoms with Crippen LogP contribution in [-0.4, -0.2) is 23.4 Å². The number of nitrogens with one attached hydrogen (secondary N) is 1. The summed E-state index contributed by atoms with van der Waals surface area (Å²) in [5.41, 5.74) is 1.82. The Kier molecular flexibility index (Phi) is 4.58. The molecule has 2 heterocycles. The third-order valence-corrected chi connectivity index (χ3v) is 5.66. The van der Waals surface area contributed by atoms with Gasteiger partial charge in [-0.1, -0.05) is 38.5 Å². The van der Waals surface area contributed by atoms with Crippen molar-refractivity contribution in [1.82, 2.24) is 9.88 Å². The zero-order valence-corrected chi connectivity index (χ0v) is 14.6. The average Bonchev–Trinajstić information content (AvgIpc) is 2.92. The number of fused-ring (bicyclic) bond motifs is 1. The molecule has 1 unspecified atom stereocenters. The Bertz CT molecular complexity index is 695. The monoisotopic (exact) mass is 312 g/mol. The molecule has 0 spiro atoms. The van der Waals surface area contributed by atoms with Crippen molar-refractivity contribution < 1.29 is 4.79 Å². The van der Waals surface area contributed by atoms with Gasteiger partial charge in [0.05, 0.1) is 5.69 Å². The molecule has 3 heteroatoms. The summed E-state index contributed by atoms with van der Waals surface area (Å²) in [6.07, 6.45) is 4.05. The maximum absolute atomic E-state index is 13.5. The molecule has 0 saturated carbocycles. The molecule has 1 aromatic heterocycles. The molecule has 3 nitrogen and oxygen atoms in total. The van der Waals surface area contributed by atoms with Crippen LogP contribution in [0.15, 0.2) is 30.3 Å². The minimum absolute atomic E-state index is 0.192. The van der Waals surface area contributed by atoms with Gasteiger partial charge >= 0.3 is 0 Å². The molecule has 1 aliphatic heterocycles. The van der Waals surface area contributed by atoms with Gasteiger partial charge in [0.25, 0.3) is 0 Å². The van der Waals surface area contributed by atoms with Crippen LogP contribution in [0.25, 0.3) is 10.9 Å². The van der Waals surface area contributed by atoms with E-state index in [-0.39, 0.29) is 5.41 Å². The Labute approximate surface area is 139 Å². The number of aromatic nitrogens is 1. The molecule has 2 aromatic rings. The molecular formula is C20H28N2O. The average molecular weight is 312 g/mol. The van der Waals surface area contributed by atoms with Gasteiger partial charge in [-0.05, 0) is 50.4 Å². The summed E-state index contributed by atoms with van der Waals surface area (Å²) in [4.78, 5) is 13.5. The molecule has 1 aromatic carbocycles. The highest BCUT2D eigenvalue weighted by atomic mass is 16.1. The molecule has 0 radical (unpaired) electrons. The van der Waals surface area contributed by atoms with Crippen LogP contribution in [0.5, 0.6) is 0 Å². The van der Waals surface area contributed by atoms with Gasteiger partial charge in [-0.15, -0.1) is 0 Å². The van der Waals surface area contributed by atoms with E-state index in [1.54, 1.807) is 0 Å². The number of ketones is 1. The fourth-order valence-corrected chi connectivity index (χ4v) is 4.02. The highest BCUT2D eigenvalue weighted by Gasteiger charge is 2.41. The molecule has 1 fully saturated rings. The predicted molar refractivity (Wildman–Crippen MR) is 95.9 cm³/mol. The topological polar surface area (TPSA) is 34.0 Å². The van der Waals surface area contributed by atoms with Crippen molar-refractivity contribution in [2.75, 3.05) is 13.1 Å². The summed E-state index contributed by atoms with van der Waals surface area (Å²) >= 11 is 0. The first kappa shape index (κ1) is 16.3. The standard InChI is InChI=1S/C20H28N2O/c1-4-15(2)14-20(9-11-21-12-10-20)19(23)18-13-16-7-5-6-8-17(16)22(18)3/h5-8,13,15,21H,4,9-12,14H2,1-3H3. The quantitative estimate of drug-likeness (QED) is 0.841. The van der Waals surface area contributed by atoms with Gasteiger partial charge in [0.2, 0.25) is 0 Å². The maximum Gasteiger partial charge on any atom is 0.185 e. The van der Waals surface area contributed by atoms with Crippen molar-refractivity contribution in [3.8, 4) is 0 Å². The van der Waals surface area contributed by atoms with Crippen molar-refractivity contribution >= 4 is 16.7 Å². The van der Waals surface area contributed by atoms with Crippen molar-refractivity contribution in [3.05, 3.63) is 36.0 Å². The molecule has 0 aliphatic carbocycles. The van der Waals surface area contributed by atoms with Crippen LogP contribution >= 0.6 is 0 Å². The highest BCUT2D eigenvalue weighted by Crippen LogP contribution is 2.40. The van der Waals surface area contributed by atoms with Gasteiger partial charge in [-0.2, -0.15) is 0 Å². The number of aryl methyl sites for hydroxylation is 1. The van der Waals surface area contributed by atoms with Crippen LogP contribution in [0, 0.1) is 11.3 Å². The smallest absolute Gasteiger partial charge is 0.185 e. The van der Waals surface area contributed by atoms with E-state index in [9.17, 15) is 4.79 Å². The molecule has 23 heavy (non-hydrogen) atoms. The number of benzene rings is 1. The first-order valence-corrected chi connectivity index (χ1v) is 8.87. The van der Waals surface area contributed by atoms with E-state index in [1.807, 2.05) is 19.2 Å². The van der Waals surface area contributed by atoms with Gasteiger partial charge in [0.15, 0.2) is 5.78 Å². The van der Waals surface area contributed by atoms with Crippen LogP contribution < -0.4 is 5.32 Å². The number of rotatable bonds is 5. The molecule has 1 atom stereocenters. The zero-order valence-electron chi connectivity index (χ0n) is 14.6. The molecule has 0 amide bonds. The number of hydrogen-bond donors (Lipinski definition) is 1. The van der Waals surface area contributed by atoms with Gasteiger partial charge < -0.3 is 9.88 Å². The Morgan fingerprint density at radius 3 is 2.65 bits per heavy atom. The minimum Gasteiger partial charge on any atom is -0.341 e. The second kappa shape index (κ2) is 6.48. The Morgan fingerprint density at radius 1 is 1.30 bits per heavy atom. The van der Waals surface area contributed by atoms with E-state index < -0.39 is 0 Å². The van der Waals surface area contributed by atoms with Gasteiger partial charge in [0, 0.05) is 23.4 Å². The lowest BCUT2D eigenvalue weighted by molar-refractivity contribution is 0.0657. The van der Waals surface area contributed by atoms with Crippen LogP contribution in [0.1, 0.15) is 50.0 Å². The SMILES string of the molecule is CCC(C)CC1(C(=O)c2cc3ccccc3n2C)CCNCC1. The predicted octanol–water partition coefficient (Wildman–Crippen LogP) is 4.17. The molecule has 124 valence electrons. The van der Waals surface area contributed by atoms with Crippen molar-refractivity contribution in [3.63, 3.8) is 0 Å². The fourth-order valence-electron chi connectivity index (χ4n) is 4.02. The van der Waals surface area contributed by atoms with E-state index in [0.717, 1.165) is 55.4 Å². The van der Waals surface area contributed by atoms with E-state index >= 15 is 0 Å². The number of para-hydroxylation sites is 1. The number of carbonyl (C=O) groups excluding carboxylic acids is 1. The number of hydrogen-bond acceptors (Lipinski definition) is 2. The molecule has 0 bridgehead atoms. The lowest BCUT2D eigenvalue weighted by Gasteiger charge is -2.38. The fraction of sp³-hybridized carbons (Fsp3) is 0.550. The van der Waals surface area contributed by atoms with Gasteiger partial charge in [0.1, 0.15) is 0 Å². The molecule has 1 saturated heterocycles. The van der Waals surface area contributed by atoms with Crippen LogP contribution in [0.4, 0.5) is 0 Å². The second-order valence-corrected chi connectivity index (χ2v) is 7.22. The Balaban J connectivity index is 2.00. The minimum atomic E-state index is -0.192. The first-order valence-electron chi connectivity index (χ1n) is 8.87. The van der Waals surface area contributed by atoms with Crippen molar-refractivity contribution in [1.29, 1.82) is 0 Å². The molecule has 1 aliphatic rings. The third kappa shape index (κ3) is 2.94. The normalized spacial score (nSPS) is 18.9. The number of piperidine rings is 1.